The summed E-state index contributed by atoms with van der Waals surface area (Å²) in [6.07, 6.45) is 6.90. The molecule has 2 aromatic carbocycles. The Bertz CT molecular complexity index is 958. The number of aliphatic hydroxyl groups is 1. The molecule has 1 heterocycles. The number of rotatable bonds is 11. The first-order chi connectivity index (χ1) is 16.3. The molecule has 182 valence electrons. The number of carbonyl (C=O) groups is 1. The lowest BCUT2D eigenvalue weighted by molar-refractivity contribution is -0.115. The highest BCUT2D eigenvalue weighted by atomic mass is 35.5. The molecule has 1 amide bonds. The van der Waals surface area contributed by atoms with Gasteiger partial charge in [0.25, 0.3) is 0 Å². The molecule has 0 bridgehead atoms. The third-order valence-electron chi connectivity index (χ3n) is 6.55. The highest BCUT2D eigenvalue weighted by molar-refractivity contribution is 6.30. The van der Waals surface area contributed by atoms with Gasteiger partial charge < -0.3 is 20.6 Å². The summed E-state index contributed by atoms with van der Waals surface area (Å²) < 4.78 is 0. The summed E-state index contributed by atoms with van der Waals surface area (Å²) in [6.45, 7) is 11.5. The molecule has 6 heteroatoms. The largest absolute Gasteiger partial charge is 0.388 e. The van der Waals surface area contributed by atoms with Crippen molar-refractivity contribution in [3.63, 3.8) is 0 Å². The van der Waals surface area contributed by atoms with Gasteiger partial charge in [0, 0.05) is 41.6 Å². The topological polar surface area (TPSA) is 64.6 Å². The van der Waals surface area contributed by atoms with E-state index in [4.69, 9.17) is 11.6 Å². The molecule has 1 aliphatic rings. The van der Waals surface area contributed by atoms with Crippen LogP contribution in [0.25, 0.3) is 0 Å². The average molecular weight is 482 g/mol. The number of carbonyl (C=O) groups excluding carboxylic acids is 1. The second-order valence-electron chi connectivity index (χ2n) is 9.14. The molecule has 0 radical (unpaired) electrons. The molecule has 1 fully saturated rings. The lowest BCUT2D eigenvalue weighted by Gasteiger charge is -2.39. The molecule has 1 unspecified atom stereocenters. The van der Waals surface area contributed by atoms with E-state index in [1.165, 1.54) is 0 Å². The van der Waals surface area contributed by atoms with Crippen LogP contribution in [-0.4, -0.2) is 41.8 Å². The van der Waals surface area contributed by atoms with Crippen LogP contribution in [0.3, 0.4) is 0 Å². The van der Waals surface area contributed by atoms with Crippen LogP contribution in [0.15, 0.2) is 73.8 Å². The Morgan fingerprint density at radius 2 is 1.82 bits per heavy atom. The van der Waals surface area contributed by atoms with Crippen LogP contribution < -0.4 is 15.5 Å². The molecule has 0 aliphatic carbocycles. The SMILES string of the molecule is C=CCC(O)(CC=C)C(C)NC1CCN(c2ccc(NC(=O)Cc3cccc(Cl)c3)cc2)CC1. The van der Waals surface area contributed by atoms with E-state index in [0.717, 1.165) is 42.9 Å². The van der Waals surface area contributed by atoms with Crippen LogP contribution in [0.5, 0.6) is 0 Å². The number of piperidine rings is 1. The molecule has 0 spiro atoms. The van der Waals surface area contributed by atoms with Gasteiger partial charge in [0.15, 0.2) is 0 Å². The van der Waals surface area contributed by atoms with Gasteiger partial charge in [0.05, 0.1) is 12.0 Å². The first kappa shape index (κ1) is 26.0. The molecule has 34 heavy (non-hydrogen) atoms. The standard InChI is InChI=1S/C28H36ClN3O2/c1-4-15-28(34,16-5-2)21(3)30-25-13-17-32(18-14-25)26-11-9-24(10-12-26)31-27(33)20-22-7-6-8-23(29)19-22/h4-12,19,21,25,30,34H,1-2,13-18,20H2,3H3,(H,31,33). The smallest absolute Gasteiger partial charge is 0.228 e. The molecule has 1 saturated heterocycles. The first-order valence-corrected chi connectivity index (χ1v) is 12.3. The van der Waals surface area contributed by atoms with Gasteiger partial charge in [-0.25, -0.2) is 0 Å². The second-order valence-corrected chi connectivity index (χ2v) is 9.58. The molecule has 3 rings (SSSR count). The molecular weight excluding hydrogens is 446 g/mol. The molecule has 3 N–H and O–H groups in total. The van der Waals surface area contributed by atoms with Crippen molar-refractivity contribution in [3.8, 4) is 0 Å². The maximum absolute atomic E-state index is 12.4. The van der Waals surface area contributed by atoms with Crippen molar-refractivity contribution >= 4 is 28.9 Å². The van der Waals surface area contributed by atoms with E-state index >= 15 is 0 Å². The quantitative estimate of drug-likeness (QED) is 0.378. The third-order valence-corrected chi connectivity index (χ3v) is 6.79. The summed E-state index contributed by atoms with van der Waals surface area (Å²) in [5, 5.41) is 18.2. The summed E-state index contributed by atoms with van der Waals surface area (Å²) in [7, 11) is 0. The van der Waals surface area contributed by atoms with E-state index in [1.807, 2.05) is 37.3 Å². The van der Waals surface area contributed by atoms with Gasteiger partial charge in [0.2, 0.25) is 5.91 Å². The maximum Gasteiger partial charge on any atom is 0.228 e. The Morgan fingerprint density at radius 3 is 2.41 bits per heavy atom. The van der Waals surface area contributed by atoms with Crippen molar-refractivity contribution in [2.24, 2.45) is 0 Å². The van der Waals surface area contributed by atoms with Gasteiger partial charge in [-0.15, -0.1) is 13.2 Å². The van der Waals surface area contributed by atoms with E-state index in [2.05, 4.69) is 40.8 Å². The van der Waals surface area contributed by atoms with Crippen molar-refractivity contribution in [1.82, 2.24) is 5.32 Å². The van der Waals surface area contributed by atoms with Crippen molar-refractivity contribution in [2.75, 3.05) is 23.3 Å². The summed E-state index contributed by atoms with van der Waals surface area (Å²) >= 11 is 6.00. The molecule has 0 aromatic heterocycles. The third kappa shape index (κ3) is 7.20. The molecular formula is C28H36ClN3O2. The fraction of sp³-hybridized carbons (Fsp3) is 0.393. The fourth-order valence-corrected chi connectivity index (χ4v) is 4.76. The van der Waals surface area contributed by atoms with Crippen LogP contribution in [0.2, 0.25) is 5.02 Å². The highest BCUT2D eigenvalue weighted by Gasteiger charge is 2.33. The summed E-state index contributed by atoms with van der Waals surface area (Å²) in [6, 6.07) is 15.7. The van der Waals surface area contributed by atoms with Gasteiger partial charge in [-0.3, -0.25) is 4.79 Å². The fourth-order valence-electron chi connectivity index (χ4n) is 4.54. The Hall–Kier alpha value is -2.60. The van der Waals surface area contributed by atoms with Gasteiger partial charge >= 0.3 is 0 Å². The van der Waals surface area contributed by atoms with Crippen molar-refractivity contribution in [1.29, 1.82) is 0 Å². The van der Waals surface area contributed by atoms with E-state index in [0.29, 0.717) is 23.9 Å². The number of halogens is 1. The van der Waals surface area contributed by atoms with E-state index in [1.54, 1.807) is 18.2 Å². The molecule has 1 atom stereocenters. The zero-order valence-electron chi connectivity index (χ0n) is 20.0. The zero-order valence-corrected chi connectivity index (χ0v) is 20.7. The van der Waals surface area contributed by atoms with Gasteiger partial charge in [-0.2, -0.15) is 0 Å². The summed E-state index contributed by atoms with van der Waals surface area (Å²) in [4.78, 5) is 14.7. The molecule has 5 nitrogen and oxygen atoms in total. The number of hydrogen-bond donors (Lipinski definition) is 3. The predicted octanol–water partition coefficient (Wildman–Crippen LogP) is 5.35. The van der Waals surface area contributed by atoms with Crippen LogP contribution in [0.4, 0.5) is 11.4 Å². The maximum atomic E-state index is 12.4. The number of anilines is 2. The molecule has 2 aromatic rings. The normalized spacial score (nSPS) is 15.6. The van der Waals surface area contributed by atoms with Crippen LogP contribution in [-0.2, 0) is 11.2 Å². The average Bonchev–Trinajstić information content (AvgIpc) is 2.80. The van der Waals surface area contributed by atoms with Crippen LogP contribution >= 0.6 is 11.6 Å². The summed E-state index contributed by atoms with van der Waals surface area (Å²) in [5.74, 6) is -0.0658. The summed E-state index contributed by atoms with van der Waals surface area (Å²) in [5.41, 5.74) is 1.96. The number of hydrogen-bond acceptors (Lipinski definition) is 4. The zero-order chi connectivity index (χ0) is 24.6. The van der Waals surface area contributed by atoms with Crippen molar-refractivity contribution < 1.29 is 9.90 Å². The van der Waals surface area contributed by atoms with Gasteiger partial charge in [0.1, 0.15) is 0 Å². The Morgan fingerprint density at radius 1 is 1.18 bits per heavy atom. The lowest BCUT2D eigenvalue weighted by atomic mass is 9.87. The number of amides is 1. The van der Waals surface area contributed by atoms with Gasteiger partial charge in [-0.1, -0.05) is 35.9 Å². The monoisotopic (exact) mass is 481 g/mol. The Kier molecular flexibility index (Phi) is 9.34. The minimum absolute atomic E-state index is 0.0464. The molecule has 0 saturated carbocycles. The number of nitrogens with one attached hydrogen (secondary N) is 2. The lowest BCUT2D eigenvalue weighted by Crippen LogP contribution is -2.54. The highest BCUT2D eigenvalue weighted by Crippen LogP contribution is 2.25. The molecule has 1 aliphatic heterocycles. The second kappa shape index (κ2) is 12.2. The van der Waals surface area contributed by atoms with Gasteiger partial charge in [-0.05, 0) is 74.6 Å². The van der Waals surface area contributed by atoms with E-state index in [9.17, 15) is 9.90 Å². The number of benzene rings is 2. The Balaban J connectivity index is 1.48. The number of nitrogens with zero attached hydrogens (tertiary/aromatic N) is 1. The first-order valence-electron chi connectivity index (χ1n) is 11.9. The van der Waals surface area contributed by atoms with E-state index < -0.39 is 5.60 Å². The Labute approximate surface area is 208 Å². The van der Waals surface area contributed by atoms with Crippen LogP contribution in [0.1, 0.15) is 38.2 Å². The predicted molar refractivity (Wildman–Crippen MR) is 143 cm³/mol. The van der Waals surface area contributed by atoms with Crippen molar-refractivity contribution in [2.45, 2.75) is 56.7 Å². The van der Waals surface area contributed by atoms with E-state index in [-0.39, 0.29) is 18.4 Å². The minimum Gasteiger partial charge on any atom is -0.388 e. The van der Waals surface area contributed by atoms with Crippen LogP contribution in [0, 0.1) is 0 Å². The van der Waals surface area contributed by atoms with Crippen molar-refractivity contribution in [3.05, 3.63) is 84.4 Å². The minimum atomic E-state index is -0.853.